The van der Waals surface area contributed by atoms with Gasteiger partial charge in [0.2, 0.25) is 0 Å². The van der Waals surface area contributed by atoms with Crippen LogP contribution in [0.5, 0.6) is 0 Å². The van der Waals surface area contributed by atoms with Crippen LogP contribution in [0.3, 0.4) is 0 Å². The van der Waals surface area contributed by atoms with E-state index in [1.807, 2.05) is 0 Å². The Morgan fingerprint density at radius 3 is 2.75 bits per heavy atom. The van der Waals surface area contributed by atoms with Crippen LogP contribution in [0.4, 0.5) is 0 Å². The molecule has 2 aliphatic rings. The van der Waals surface area contributed by atoms with E-state index in [0.717, 1.165) is 25.6 Å². The maximum atomic E-state index is 9.41. The average molecular weight is 284 g/mol. The molecule has 1 heterocycles. The van der Waals surface area contributed by atoms with Crippen LogP contribution >= 0.6 is 0 Å². The van der Waals surface area contributed by atoms with Gasteiger partial charge in [-0.3, -0.25) is 4.90 Å². The van der Waals surface area contributed by atoms with Gasteiger partial charge in [-0.1, -0.05) is 26.2 Å². The second kappa shape index (κ2) is 7.74. The molecule has 5 unspecified atom stereocenters. The Morgan fingerprint density at radius 2 is 2.10 bits per heavy atom. The Labute approximate surface area is 123 Å². The van der Waals surface area contributed by atoms with E-state index in [4.69, 9.17) is 10.5 Å². The van der Waals surface area contributed by atoms with E-state index in [2.05, 4.69) is 18.7 Å². The number of hydrogen-bond acceptors (Lipinski definition) is 4. The molecule has 0 aromatic rings. The van der Waals surface area contributed by atoms with Crippen LogP contribution in [0.1, 0.15) is 46.0 Å². The minimum Gasteiger partial charge on any atom is -0.394 e. The lowest BCUT2D eigenvalue weighted by molar-refractivity contribution is -0.116. The Balaban J connectivity index is 2.01. The predicted molar refractivity (Wildman–Crippen MR) is 81.6 cm³/mol. The summed E-state index contributed by atoms with van der Waals surface area (Å²) >= 11 is 0. The zero-order valence-electron chi connectivity index (χ0n) is 13.1. The molecule has 0 spiro atoms. The summed E-state index contributed by atoms with van der Waals surface area (Å²) in [7, 11) is 0. The molecule has 0 aromatic heterocycles. The molecule has 2 rings (SSSR count). The van der Waals surface area contributed by atoms with Crippen molar-refractivity contribution in [3.63, 3.8) is 0 Å². The summed E-state index contributed by atoms with van der Waals surface area (Å²) in [5.74, 6) is 1.48. The van der Waals surface area contributed by atoms with Crippen molar-refractivity contribution in [2.45, 2.75) is 64.2 Å². The van der Waals surface area contributed by atoms with Crippen LogP contribution in [0.25, 0.3) is 0 Å². The molecule has 0 aromatic carbocycles. The average Bonchev–Trinajstić information content (AvgIpc) is 2.46. The highest BCUT2D eigenvalue weighted by Crippen LogP contribution is 2.35. The molecule has 1 saturated carbocycles. The molecule has 0 bridgehead atoms. The van der Waals surface area contributed by atoms with Gasteiger partial charge < -0.3 is 15.6 Å². The molecule has 4 nitrogen and oxygen atoms in total. The summed E-state index contributed by atoms with van der Waals surface area (Å²) in [5.41, 5.74) is 6.01. The quantitative estimate of drug-likeness (QED) is 0.805. The molecule has 1 saturated heterocycles. The van der Waals surface area contributed by atoms with E-state index in [-0.39, 0.29) is 18.8 Å². The van der Waals surface area contributed by atoms with E-state index >= 15 is 0 Å². The number of ether oxygens (including phenoxy) is 1. The Kier molecular flexibility index (Phi) is 6.27. The smallest absolute Gasteiger partial charge is 0.0936 e. The van der Waals surface area contributed by atoms with Gasteiger partial charge in [-0.05, 0) is 38.1 Å². The van der Waals surface area contributed by atoms with E-state index in [9.17, 15) is 5.11 Å². The maximum absolute atomic E-state index is 9.41. The first kappa shape index (κ1) is 16.2. The minimum absolute atomic E-state index is 0.0243. The lowest BCUT2D eigenvalue weighted by Crippen LogP contribution is -2.56. The normalized spacial score (nSPS) is 39.9. The summed E-state index contributed by atoms with van der Waals surface area (Å²) in [6.07, 6.45) is 6.70. The molecule has 118 valence electrons. The second-order valence-corrected chi connectivity index (χ2v) is 6.74. The van der Waals surface area contributed by atoms with Crippen LogP contribution in [0, 0.1) is 11.8 Å². The number of nitrogens with zero attached hydrogens (tertiary/aromatic N) is 1. The molecule has 0 radical (unpaired) electrons. The third kappa shape index (κ3) is 3.94. The first-order valence-electron chi connectivity index (χ1n) is 8.38. The fraction of sp³-hybridized carbons (Fsp3) is 1.00. The standard InChI is InChI=1S/C16H32N2O2/c1-3-4-13-5-6-14(8-17)16(7-13)18-9-12(2)20-15(10-18)11-19/h12-16,19H,3-11,17H2,1-2H3. The molecule has 5 atom stereocenters. The Hall–Kier alpha value is -0.160. The first-order valence-corrected chi connectivity index (χ1v) is 8.38. The van der Waals surface area contributed by atoms with E-state index in [0.29, 0.717) is 12.0 Å². The number of aliphatic hydroxyl groups excluding tert-OH is 1. The summed E-state index contributed by atoms with van der Waals surface area (Å²) in [4.78, 5) is 2.55. The zero-order chi connectivity index (χ0) is 14.5. The molecule has 4 heteroatoms. The SMILES string of the molecule is CCCC1CCC(CN)C(N2CC(C)OC(CO)C2)C1. The molecule has 2 fully saturated rings. The minimum atomic E-state index is -0.0243. The summed E-state index contributed by atoms with van der Waals surface area (Å²) in [6, 6.07) is 0.589. The van der Waals surface area contributed by atoms with Gasteiger partial charge in [0.1, 0.15) is 0 Å². The van der Waals surface area contributed by atoms with E-state index in [1.54, 1.807) is 0 Å². The monoisotopic (exact) mass is 284 g/mol. The van der Waals surface area contributed by atoms with Crippen LogP contribution in [0.2, 0.25) is 0 Å². The number of morpholine rings is 1. The third-order valence-electron chi connectivity index (χ3n) is 5.09. The second-order valence-electron chi connectivity index (χ2n) is 6.74. The molecular formula is C16H32N2O2. The van der Waals surface area contributed by atoms with Crippen molar-refractivity contribution in [2.75, 3.05) is 26.2 Å². The molecular weight excluding hydrogens is 252 g/mol. The van der Waals surface area contributed by atoms with Crippen molar-refractivity contribution in [1.29, 1.82) is 0 Å². The third-order valence-corrected chi connectivity index (χ3v) is 5.09. The van der Waals surface area contributed by atoms with Crippen LogP contribution < -0.4 is 5.73 Å². The first-order chi connectivity index (χ1) is 9.67. The lowest BCUT2D eigenvalue weighted by Gasteiger charge is -2.47. The van der Waals surface area contributed by atoms with Crippen LogP contribution in [-0.4, -0.2) is 54.5 Å². The summed E-state index contributed by atoms with van der Waals surface area (Å²) in [6.45, 7) is 7.15. The van der Waals surface area contributed by atoms with Crippen molar-refractivity contribution in [2.24, 2.45) is 17.6 Å². The number of rotatable bonds is 5. The highest BCUT2D eigenvalue weighted by atomic mass is 16.5. The number of aliphatic hydroxyl groups is 1. The molecule has 20 heavy (non-hydrogen) atoms. The highest BCUT2D eigenvalue weighted by molar-refractivity contribution is 4.90. The van der Waals surface area contributed by atoms with E-state index in [1.165, 1.54) is 32.1 Å². The fourth-order valence-corrected chi connectivity index (χ4v) is 4.14. The van der Waals surface area contributed by atoms with Crippen LogP contribution in [0.15, 0.2) is 0 Å². The van der Waals surface area contributed by atoms with Crippen molar-refractivity contribution in [3.8, 4) is 0 Å². The van der Waals surface area contributed by atoms with Gasteiger partial charge in [0.05, 0.1) is 18.8 Å². The van der Waals surface area contributed by atoms with Crippen molar-refractivity contribution in [3.05, 3.63) is 0 Å². The maximum Gasteiger partial charge on any atom is 0.0936 e. The molecule has 1 aliphatic heterocycles. The Morgan fingerprint density at radius 1 is 1.30 bits per heavy atom. The topological polar surface area (TPSA) is 58.7 Å². The van der Waals surface area contributed by atoms with Crippen molar-refractivity contribution in [1.82, 2.24) is 4.90 Å². The van der Waals surface area contributed by atoms with Gasteiger partial charge in [0.25, 0.3) is 0 Å². The summed E-state index contributed by atoms with van der Waals surface area (Å²) in [5, 5.41) is 9.41. The van der Waals surface area contributed by atoms with E-state index < -0.39 is 0 Å². The van der Waals surface area contributed by atoms with Gasteiger partial charge in [-0.2, -0.15) is 0 Å². The Bertz CT molecular complexity index is 288. The summed E-state index contributed by atoms with van der Waals surface area (Å²) < 4.78 is 5.78. The van der Waals surface area contributed by atoms with Gasteiger partial charge in [-0.15, -0.1) is 0 Å². The van der Waals surface area contributed by atoms with Crippen molar-refractivity contribution < 1.29 is 9.84 Å². The molecule has 0 amide bonds. The largest absolute Gasteiger partial charge is 0.394 e. The van der Waals surface area contributed by atoms with Gasteiger partial charge >= 0.3 is 0 Å². The van der Waals surface area contributed by atoms with Crippen molar-refractivity contribution >= 4 is 0 Å². The van der Waals surface area contributed by atoms with Crippen LogP contribution in [-0.2, 0) is 4.74 Å². The number of nitrogens with two attached hydrogens (primary N) is 1. The van der Waals surface area contributed by atoms with Gasteiger partial charge in [-0.25, -0.2) is 0 Å². The lowest BCUT2D eigenvalue weighted by atomic mass is 9.75. The predicted octanol–water partition coefficient (Wildman–Crippen LogP) is 1.61. The number of hydrogen-bond donors (Lipinski definition) is 2. The van der Waals surface area contributed by atoms with Gasteiger partial charge in [0, 0.05) is 19.1 Å². The molecule has 1 aliphatic carbocycles. The highest BCUT2D eigenvalue weighted by Gasteiger charge is 2.37. The zero-order valence-corrected chi connectivity index (χ0v) is 13.1. The fourth-order valence-electron chi connectivity index (χ4n) is 4.14. The van der Waals surface area contributed by atoms with Gasteiger partial charge in [0.15, 0.2) is 0 Å². The molecule has 3 N–H and O–H groups in total.